The fraction of sp³-hybridized carbons (Fsp3) is 0.0270. The highest BCUT2D eigenvalue weighted by Gasteiger charge is 2.26. The van der Waals surface area contributed by atoms with Gasteiger partial charge in [0.2, 0.25) is 6.79 Å². The van der Waals surface area contributed by atoms with Gasteiger partial charge in [-0.1, -0.05) is 72.8 Å². The van der Waals surface area contributed by atoms with Crippen molar-refractivity contribution in [3.63, 3.8) is 0 Å². The van der Waals surface area contributed by atoms with E-state index in [1.807, 2.05) is 48.6 Å². The minimum Gasteiger partial charge on any atom is -0.456 e. The third kappa shape index (κ3) is 5.25. The van der Waals surface area contributed by atoms with Gasteiger partial charge in [0.1, 0.15) is 11.5 Å². The van der Waals surface area contributed by atoms with Crippen LogP contribution in [0, 0.1) is 20.2 Å². The van der Waals surface area contributed by atoms with Crippen LogP contribution < -0.4 is 9.47 Å². The molecule has 218 valence electrons. The van der Waals surface area contributed by atoms with Gasteiger partial charge in [-0.2, -0.15) is 0 Å². The number of nitro benzene ring substituents is 2. The first-order chi connectivity index (χ1) is 22.0. The van der Waals surface area contributed by atoms with Gasteiger partial charge in [-0.15, -0.1) is 0 Å². The lowest BCUT2D eigenvalue weighted by Crippen LogP contribution is -2.05. The number of hydrogen-bond acceptors (Lipinski definition) is 6. The van der Waals surface area contributed by atoms with E-state index in [2.05, 4.69) is 36.4 Å². The largest absolute Gasteiger partial charge is 0.456 e. The number of rotatable bonds is 6. The van der Waals surface area contributed by atoms with Gasteiger partial charge in [0.15, 0.2) is 0 Å². The number of nitro groups is 2. The minimum atomic E-state index is -0.415. The lowest BCUT2D eigenvalue weighted by atomic mass is 9.88. The van der Waals surface area contributed by atoms with Crippen LogP contribution in [0.5, 0.6) is 11.5 Å². The Bertz CT molecular complexity index is 2030. The van der Waals surface area contributed by atoms with Crippen molar-refractivity contribution >= 4 is 57.2 Å². The quantitative estimate of drug-likeness (QED) is 0.108. The van der Waals surface area contributed by atoms with Crippen molar-refractivity contribution in [2.75, 3.05) is 6.79 Å². The standard InChI is InChI=1S/C37H24N2O6/c40-38(41)30-17-11-24(12-18-30)9-15-28-21-26-5-1-3-7-32(26)34-35-33-8-4-2-6-27(33)22-29(37(35)45-23-44-36(28)34)16-10-25-13-19-31(20-14-25)39(42)43/h1-22H,23H2/b15-9-,16-10-. The molecular formula is C37H24N2O6. The van der Waals surface area contributed by atoms with E-state index < -0.39 is 9.85 Å². The molecule has 0 saturated heterocycles. The zero-order valence-electron chi connectivity index (χ0n) is 23.8. The molecule has 1 aliphatic rings. The average Bonchev–Trinajstić information content (AvgIpc) is 3.27. The summed E-state index contributed by atoms with van der Waals surface area (Å²) in [7, 11) is 0. The second-order valence-electron chi connectivity index (χ2n) is 10.6. The first-order valence-electron chi connectivity index (χ1n) is 14.2. The van der Waals surface area contributed by atoms with Crippen molar-refractivity contribution in [2.45, 2.75) is 0 Å². The molecular weight excluding hydrogens is 568 g/mol. The number of ether oxygens (including phenoxy) is 2. The van der Waals surface area contributed by atoms with Gasteiger partial charge < -0.3 is 9.47 Å². The Morgan fingerprint density at radius 2 is 0.933 bits per heavy atom. The van der Waals surface area contributed by atoms with Crippen LogP contribution in [0.1, 0.15) is 22.3 Å². The summed E-state index contributed by atoms with van der Waals surface area (Å²) in [4.78, 5) is 21.4. The Balaban J connectivity index is 1.42. The minimum absolute atomic E-state index is 0.0204. The van der Waals surface area contributed by atoms with Crippen LogP contribution in [0.4, 0.5) is 11.4 Å². The molecule has 0 aromatic heterocycles. The molecule has 6 aromatic rings. The first-order valence-corrected chi connectivity index (χ1v) is 14.2. The molecule has 0 N–H and O–H groups in total. The van der Waals surface area contributed by atoms with E-state index >= 15 is 0 Å². The van der Waals surface area contributed by atoms with Crippen molar-refractivity contribution in [3.8, 4) is 22.6 Å². The van der Waals surface area contributed by atoms with Crippen molar-refractivity contribution < 1.29 is 19.3 Å². The summed E-state index contributed by atoms with van der Waals surface area (Å²) >= 11 is 0. The topological polar surface area (TPSA) is 105 Å². The van der Waals surface area contributed by atoms with E-state index in [-0.39, 0.29) is 18.2 Å². The SMILES string of the molecule is O=[N+]([O-])c1ccc(/C=C\c2cc3ccccc3c3c2OCOc2c(/C=C\c4ccc([N+](=O)[O-])cc4)cc4ccccc4c2-3)cc1. The van der Waals surface area contributed by atoms with Crippen LogP contribution in [-0.2, 0) is 0 Å². The summed E-state index contributed by atoms with van der Waals surface area (Å²) in [5, 5.41) is 26.3. The molecule has 0 fully saturated rings. The van der Waals surface area contributed by atoms with E-state index in [4.69, 9.17) is 9.47 Å². The molecule has 0 atom stereocenters. The zero-order chi connectivity index (χ0) is 30.9. The maximum Gasteiger partial charge on any atom is 0.269 e. The Morgan fingerprint density at radius 3 is 1.33 bits per heavy atom. The van der Waals surface area contributed by atoms with Crippen LogP contribution in [0.2, 0.25) is 0 Å². The molecule has 6 aromatic carbocycles. The Morgan fingerprint density at radius 1 is 0.533 bits per heavy atom. The van der Waals surface area contributed by atoms with Gasteiger partial charge in [0, 0.05) is 46.5 Å². The summed E-state index contributed by atoms with van der Waals surface area (Å²) < 4.78 is 12.7. The molecule has 1 heterocycles. The Labute approximate surface area is 257 Å². The highest BCUT2D eigenvalue weighted by Crippen LogP contribution is 2.50. The molecule has 0 saturated carbocycles. The van der Waals surface area contributed by atoms with Crippen molar-refractivity contribution in [2.24, 2.45) is 0 Å². The van der Waals surface area contributed by atoms with E-state index in [1.54, 1.807) is 24.3 Å². The first kappa shape index (κ1) is 27.5. The number of hydrogen-bond donors (Lipinski definition) is 0. The van der Waals surface area contributed by atoms with Crippen molar-refractivity contribution in [1.29, 1.82) is 0 Å². The molecule has 0 aliphatic carbocycles. The molecule has 0 spiro atoms. The fourth-order valence-electron chi connectivity index (χ4n) is 5.69. The average molecular weight is 593 g/mol. The maximum absolute atomic E-state index is 11.1. The lowest BCUT2D eigenvalue weighted by molar-refractivity contribution is -0.385. The molecule has 0 amide bonds. The predicted molar refractivity (Wildman–Crippen MR) is 177 cm³/mol. The summed E-state index contributed by atoms with van der Waals surface area (Å²) in [5.74, 6) is 1.35. The predicted octanol–water partition coefficient (Wildman–Crippen LogP) is 9.55. The normalized spacial score (nSPS) is 12.4. The second kappa shape index (κ2) is 11.4. The van der Waals surface area contributed by atoms with Crippen LogP contribution in [0.15, 0.2) is 109 Å². The highest BCUT2D eigenvalue weighted by atomic mass is 16.7. The summed E-state index contributed by atoms with van der Waals surface area (Å²) in [6.45, 7) is -0.0204. The van der Waals surface area contributed by atoms with Crippen molar-refractivity contribution in [3.05, 3.63) is 152 Å². The summed E-state index contributed by atoms with van der Waals surface area (Å²) in [5.41, 5.74) is 5.21. The number of fused-ring (bicyclic) bond motifs is 7. The number of benzene rings is 6. The molecule has 8 nitrogen and oxygen atoms in total. The second-order valence-corrected chi connectivity index (χ2v) is 10.6. The zero-order valence-corrected chi connectivity index (χ0v) is 23.8. The molecule has 45 heavy (non-hydrogen) atoms. The van der Waals surface area contributed by atoms with Gasteiger partial charge in [0.25, 0.3) is 11.4 Å². The molecule has 0 bridgehead atoms. The smallest absolute Gasteiger partial charge is 0.269 e. The van der Waals surface area contributed by atoms with E-state index in [1.165, 1.54) is 24.3 Å². The van der Waals surface area contributed by atoms with Gasteiger partial charge in [-0.3, -0.25) is 20.2 Å². The molecule has 0 unspecified atom stereocenters. The molecule has 0 radical (unpaired) electrons. The van der Waals surface area contributed by atoms with E-state index in [0.717, 1.165) is 54.9 Å². The monoisotopic (exact) mass is 592 g/mol. The van der Waals surface area contributed by atoms with Gasteiger partial charge in [0.05, 0.1) is 9.85 Å². The third-order valence-electron chi connectivity index (χ3n) is 7.84. The van der Waals surface area contributed by atoms with Gasteiger partial charge in [-0.05, 0) is 69.1 Å². The van der Waals surface area contributed by atoms with Crippen LogP contribution in [-0.4, -0.2) is 16.6 Å². The number of nitrogens with zero attached hydrogens (tertiary/aromatic N) is 2. The van der Waals surface area contributed by atoms with E-state index in [0.29, 0.717) is 11.5 Å². The Hall–Kier alpha value is -6.28. The van der Waals surface area contributed by atoms with Crippen LogP contribution in [0.25, 0.3) is 57.0 Å². The van der Waals surface area contributed by atoms with Crippen LogP contribution in [0.3, 0.4) is 0 Å². The van der Waals surface area contributed by atoms with Gasteiger partial charge >= 0.3 is 0 Å². The molecule has 8 heteroatoms. The maximum atomic E-state index is 11.1. The summed E-state index contributed by atoms with van der Waals surface area (Å²) in [6, 6.07) is 33.2. The Kier molecular flexibility index (Phi) is 6.99. The molecule has 1 aliphatic heterocycles. The summed E-state index contributed by atoms with van der Waals surface area (Å²) in [6.07, 6.45) is 7.73. The van der Waals surface area contributed by atoms with E-state index in [9.17, 15) is 20.2 Å². The highest BCUT2D eigenvalue weighted by molar-refractivity contribution is 6.12. The molecule has 7 rings (SSSR count). The lowest BCUT2D eigenvalue weighted by Gasteiger charge is -2.17. The number of non-ortho nitro benzene ring substituents is 2. The fourth-order valence-corrected chi connectivity index (χ4v) is 5.69. The van der Waals surface area contributed by atoms with Crippen molar-refractivity contribution in [1.82, 2.24) is 0 Å². The van der Waals surface area contributed by atoms with Gasteiger partial charge in [-0.25, -0.2) is 0 Å². The third-order valence-corrected chi connectivity index (χ3v) is 7.84. The van der Waals surface area contributed by atoms with Crippen LogP contribution >= 0.6 is 0 Å².